The van der Waals surface area contributed by atoms with Crippen LogP contribution in [-0.4, -0.2) is 33.4 Å². The quantitative estimate of drug-likeness (QED) is 0.821. The van der Waals surface area contributed by atoms with Gasteiger partial charge in [-0.05, 0) is 18.9 Å². The number of carbonyl (C=O) groups excluding carboxylic acids is 1. The minimum Gasteiger partial charge on any atom is -0.392 e. The van der Waals surface area contributed by atoms with E-state index < -0.39 is 11.5 Å². The zero-order valence-electron chi connectivity index (χ0n) is 13.4. The van der Waals surface area contributed by atoms with Gasteiger partial charge in [0.1, 0.15) is 5.69 Å². The Morgan fingerprint density at radius 1 is 1.43 bits per heavy atom. The minimum atomic E-state index is -0.518. The Labute approximate surface area is 125 Å². The van der Waals surface area contributed by atoms with Crippen LogP contribution in [0.1, 0.15) is 45.1 Å². The maximum Gasteiger partial charge on any atom is 0.271 e. The van der Waals surface area contributed by atoms with Crippen molar-refractivity contribution < 1.29 is 9.90 Å². The fraction of sp³-hybridized carbons (Fsp3) is 0.667. The fourth-order valence-electron chi connectivity index (χ4n) is 2.20. The van der Waals surface area contributed by atoms with Gasteiger partial charge in [-0.2, -0.15) is 5.10 Å². The standard InChI is InChI=1S/C15H25N3O3/c1-6-18-12(19)8-7-11(17-18)14(21)16-9-15(4,5)13(20)10(2)3/h7-8,10,13,20H,6,9H2,1-5H3,(H,16,21). The van der Waals surface area contributed by atoms with Gasteiger partial charge >= 0.3 is 0 Å². The van der Waals surface area contributed by atoms with Crippen LogP contribution in [0.2, 0.25) is 0 Å². The van der Waals surface area contributed by atoms with E-state index in [0.29, 0.717) is 13.1 Å². The topological polar surface area (TPSA) is 84.2 Å². The van der Waals surface area contributed by atoms with E-state index in [1.54, 1.807) is 6.92 Å². The smallest absolute Gasteiger partial charge is 0.271 e. The molecule has 0 saturated carbocycles. The summed E-state index contributed by atoms with van der Waals surface area (Å²) in [7, 11) is 0. The molecule has 0 aliphatic carbocycles. The molecule has 6 heteroatoms. The molecule has 1 amide bonds. The molecule has 118 valence electrons. The lowest BCUT2D eigenvalue weighted by Crippen LogP contribution is -2.44. The van der Waals surface area contributed by atoms with E-state index in [-0.39, 0.29) is 23.1 Å². The molecule has 1 heterocycles. The van der Waals surface area contributed by atoms with Crippen LogP contribution < -0.4 is 10.9 Å². The summed E-state index contributed by atoms with van der Waals surface area (Å²) >= 11 is 0. The highest BCUT2D eigenvalue weighted by molar-refractivity contribution is 5.92. The van der Waals surface area contributed by atoms with Gasteiger partial charge in [-0.1, -0.05) is 27.7 Å². The van der Waals surface area contributed by atoms with Crippen LogP contribution in [0.15, 0.2) is 16.9 Å². The monoisotopic (exact) mass is 295 g/mol. The molecule has 0 aliphatic rings. The first kappa shape index (κ1) is 17.4. The number of hydrogen-bond acceptors (Lipinski definition) is 4. The molecule has 0 spiro atoms. The van der Waals surface area contributed by atoms with Gasteiger partial charge in [-0.25, -0.2) is 4.68 Å². The van der Waals surface area contributed by atoms with Gasteiger partial charge in [-0.3, -0.25) is 9.59 Å². The van der Waals surface area contributed by atoms with Crippen LogP contribution in [0, 0.1) is 11.3 Å². The normalized spacial score (nSPS) is 13.3. The second kappa shape index (κ2) is 6.85. The largest absolute Gasteiger partial charge is 0.392 e. The van der Waals surface area contributed by atoms with E-state index in [2.05, 4.69) is 10.4 Å². The summed E-state index contributed by atoms with van der Waals surface area (Å²) in [6.45, 7) is 10.2. The van der Waals surface area contributed by atoms with Gasteiger partial charge in [0, 0.05) is 24.6 Å². The Kier molecular flexibility index (Phi) is 5.66. The first-order valence-electron chi connectivity index (χ1n) is 7.23. The zero-order chi connectivity index (χ0) is 16.2. The molecule has 21 heavy (non-hydrogen) atoms. The third-order valence-electron chi connectivity index (χ3n) is 3.54. The van der Waals surface area contributed by atoms with Crippen LogP contribution in [0.3, 0.4) is 0 Å². The lowest BCUT2D eigenvalue weighted by atomic mass is 9.80. The van der Waals surface area contributed by atoms with Crippen molar-refractivity contribution in [2.24, 2.45) is 11.3 Å². The molecular weight excluding hydrogens is 270 g/mol. The van der Waals surface area contributed by atoms with Gasteiger partial charge < -0.3 is 10.4 Å². The molecule has 2 N–H and O–H groups in total. The predicted octanol–water partition coefficient (Wildman–Crippen LogP) is 1.04. The number of nitrogens with one attached hydrogen (secondary N) is 1. The van der Waals surface area contributed by atoms with Crippen molar-refractivity contribution in [3.63, 3.8) is 0 Å². The first-order valence-corrected chi connectivity index (χ1v) is 7.23. The van der Waals surface area contributed by atoms with Crippen molar-refractivity contribution in [2.75, 3.05) is 6.54 Å². The van der Waals surface area contributed by atoms with Crippen LogP contribution in [-0.2, 0) is 6.54 Å². The van der Waals surface area contributed by atoms with E-state index in [1.165, 1.54) is 16.8 Å². The Morgan fingerprint density at radius 2 is 2.05 bits per heavy atom. The Bertz CT molecular complexity index is 549. The number of aliphatic hydroxyl groups excluding tert-OH is 1. The highest BCUT2D eigenvalue weighted by Gasteiger charge is 2.30. The summed E-state index contributed by atoms with van der Waals surface area (Å²) in [6.07, 6.45) is -0.518. The number of hydrogen-bond donors (Lipinski definition) is 2. The summed E-state index contributed by atoms with van der Waals surface area (Å²) in [4.78, 5) is 23.5. The van der Waals surface area contributed by atoms with E-state index in [0.717, 1.165) is 0 Å². The predicted molar refractivity (Wildman–Crippen MR) is 81.1 cm³/mol. The van der Waals surface area contributed by atoms with Gasteiger partial charge in [0.25, 0.3) is 11.5 Å². The highest BCUT2D eigenvalue weighted by Crippen LogP contribution is 2.25. The molecule has 0 bridgehead atoms. The maximum absolute atomic E-state index is 12.1. The fourth-order valence-corrected chi connectivity index (χ4v) is 2.20. The van der Waals surface area contributed by atoms with E-state index in [1.807, 2.05) is 27.7 Å². The number of nitrogens with zero attached hydrogens (tertiary/aromatic N) is 2. The summed E-state index contributed by atoms with van der Waals surface area (Å²) in [5.41, 5.74) is -0.473. The molecule has 0 aliphatic heterocycles. The van der Waals surface area contributed by atoms with E-state index >= 15 is 0 Å². The average Bonchev–Trinajstić information content (AvgIpc) is 2.44. The number of aromatic nitrogens is 2. The van der Waals surface area contributed by atoms with E-state index in [4.69, 9.17) is 0 Å². The molecule has 1 aromatic rings. The summed E-state index contributed by atoms with van der Waals surface area (Å²) in [5.74, 6) is -0.238. The van der Waals surface area contributed by atoms with E-state index in [9.17, 15) is 14.7 Å². The average molecular weight is 295 g/mol. The molecule has 6 nitrogen and oxygen atoms in total. The SMILES string of the molecule is CCn1nc(C(=O)NCC(C)(C)C(O)C(C)C)ccc1=O. The molecular formula is C15H25N3O3. The second-order valence-electron chi connectivity index (χ2n) is 6.23. The zero-order valence-corrected chi connectivity index (χ0v) is 13.4. The van der Waals surface area contributed by atoms with Gasteiger partial charge in [0.2, 0.25) is 0 Å². The summed E-state index contributed by atoms with van der Waals surface area (Å²) in [6, 6.07) is 2.75. The third kappa shape index (κ3) is 4.39. The third-order valence-corrected chi connectivity index (χ3v) is 3.54. The number of aliphatic hydroxyl groups is 1. The molecule has 0 aromatic carbocycles. The summed E-state index contributed by atoms with van der Waals surface area (Å²) in [5, 5.41) is 16.9. The molecule has 1 rings (SSSR count). The molecule has 1 aromatic heterocycles. The highest BCUT2D eigenvalue weighted by atomic mass is 16.3. The van der Waals surface area contributed by atoms with Crippen molar-refractivity contribution in [2.45, 2.75) is 47.3 Å². The molecule has 1 unspecified atom stereocenters. The van der Waals surface area contributed by atoms with Gasteiger partial charge in [-0.15, -0.1) is 0 Å². The Hall–Kier alpha value is -1.69. The number of aryl methyl sites for hydroxylation is 1. The molecule has 0 saturated heterocycles. The van der Waals surface area contributed by atoms with Crippen molar-refractivity contribution >= 4 is 5.91 Å². The number of amides is 1. The minimum absolute atomic E-state index is 0.108. The molecule has 1 atom stereocenters. The van der Waals surface area contributed by atoms with Gasteiger partial charge in [0.05, 0.1) is 6.10 Å². The first-order chi connectivity index (χ1) is 9.69. The van der Waals surface area contributed by atoms with Crippen molar-refractivity contribution in [3.05, 3.63) is 28.2 Å². The molecule has 0 radical (unpaired) electrons. The van der Waals surface area contributed by atoms with Crippen LogP contribution >= 0.6 is 0 Å². The van der Waals surface area contributed by atoms with Crippen LogP contribution in [0.4, 0.5) is 0 Å². The van der Waals surface area contributed by atoms with Crippen LogP contribution in [0.5, 0.6) is 0 Å². The summed E-state index contributed by atoms with van der Waals surface area (Å²) < 4.78 is 1.24. The lowest BCUT2D eigenvalue weighted by molar-refractivity contribution is 0.0137. The van der Waals surface area contributed by atoms with Crippen molar-refractivity contribution in [1.29, 1.82) is 0 Å². The van der Waals surface area contributed by atoms with Crippen LogP contribution in [0.25, 0.3) is 0 Å². The van der Waals surface area contributed by atoms with Crippen molar-refractivity contribution in [1.82, 2.24) is 15.1 Å². The maximum atomic E-state index is 12.1. The Balaban J connectivity index is 2.76. The van der Waals surface area contributed by atoms with Crippen molar-refractivity contribution in [3.8, 4) is 0 Å². The van der Waals surface area contributed by atoms with Gasteiger partial charge in [0.15, 0.2) is 0 Å². The molecule has 0 fully saturated rings. The lowest BCUT2D eigenvalue weighted by Gasteiger charge is -2.33. The number of rotatable bonds is 6. The Morgan fingerprint density at radius 3 is 2.57 bits per heavy atom. The number of carbonyl (C=O) groups is 1. The second-order valence-corrected chi connectivity index (χ2v) is 6.23.